The summed E-state index contributed by atoms with van der Waals surface area (Å²) >= 11 is 19.4. The number of benzene rings is 3. The summed E-state index contributed by atoms with van der Waals surface area (Å²) in [5, 5.41) is 4.38. The van der Waals surface area contributed by atoms with E-state index in [1.165, 1.54) is 17.8 Å². The van der Waals surface area contributed by atoms with Gasteiger partial charge in [-0.2, -0.15) is 0 Å². The molecule has 8 heteroatoms. The number of hydrogen-bond donors (Lipinski definition) is 1. The number of thioether (sulfide) groups is 1. The Labute approximate surface area is 205 Å². The van der Waals surface area contributed by atoms with E-state index in [-0.39, 0.29) is 15.6 Å². The maximum atomic E-state index is 13.4. The highest BCUT2D eigenvalue weighted by molar-refractivity contribution is 8.04. The average molecular weight is 504 g/mol. The Morgan fingerprint density at radius 3 is 2.22 bits per heavy atom. The Balaban J connectivity index is 1.78. The lowest BCUT2D eigenvalue weighted by Gasteiger charge is -2.16. The molecule has 0 spiro atoms. The van der Waals surface area contributed by atoms with E-state index >= 15 is 0 Å². The maximum Gasteiger partial charge on any atom is 0.283 e. The largest absolute Gasteiger partial charge is 0.350 e. The van der Waals surface area contributed by atoms with E-state index in [1.807, 2.05) is 32.0 Å². The molecule has 32 heavy (non-hydrogen) atoms. The van der Waals surface area contributed by atoms with Crippen molar-refractivity contribution < 1.29 is 9.59 Å². The summed E-state index contributed by atoms with van der Waals surface area (Å²) in [4.78, 5) is 29.0. The fraction of sp³-hybridized carbons (Fsp3) is 0.0833. The Kier molecular flexibility index (Phi) is 6.54. The lowest BCUT2D eigenvalue weighted by Crippen LogP contribution is -2.32. The van der Waals surface area contributed by atoms with Crippen molar-refractivity contribution in [2.45, 2.75) is 18.7 Å². The van der Waals surface area contributed by atoms with E-state index in [4.69, 9.17) is 34.8 Å². The molecule has 1 aliphatic rings. The highest BCUT2D eigenvalue weighted by atomic mass is 35.5. The van der Waals surface area contributed by atoms with Gasteiger partial charge in [-0.15, -0.1) is 0 Å². The first-order valence-electron chi connectivity index (χ1n) is 9.60. The molecule has 4 rings (SSSR count). The molecule has 162 valence electrons. The smallest absolute Gasteiger partial charge is 0.283 e. The molecule has 0 fully saturated rings. The van der Waals surface area contributed by atoms with Crippen LogP contribution >= 0.6 is 46.6 Å². The molecule has 1 heterocycles. The van der Waals surface area contributed by atoms with Crippen LogP contribution in [-0.2, 0) is 9.59 Å². The fourth-order valence-corrected chi connectivity index (χ4v) is 4.54. The molecule has 0 aliphatic carbocycles. The first kappa shape index (κ1) is 22.7. The topological polar surface area (TPSA) is 49.4 Å². The number of carbonyl (C=O) groups is 2. The molecule has 0 radical (unpaired) electrons. The maximum absolute atomic E-state index is 13.4. The van der Waals surface area contributed by atoms with Crippen LogP contribution in [-0.4, -0.2) is 11.8 Å². The van der Waals surface area contributed by atoms with Gasteiger partial charge in [0.1, 0.15) is 10.6 Å². The van der Waals surface area contributed by atoms with Crippen molar-refractivity contribution in [3.8, 4) is 0 Å². The van der Waals surface area contributed by atoms with Gasteiger partial charge in [-0.1, -0.05) is 58.7 Å². The van der Waals surface area contributed by atoms with Gasteiger partial charge < -0.3 is 5.32 Å². The molecule has 4 nitrogen and oxygen atoms in total. The van der Waals surface area contributed by atoms with E-state index < -0.39 is 11.8 Å². The number of nitrogens with zero attached hydrogens (tertiary/aromatic N) is 1. The van der Waals surface area contributed by atoms with Crippen molar-refractivity contribution in [3.63, 3.8) is 0 Å². The lowest BCUT2D eigenvalue weighted by molar-refractivity contribution is -0.120. The van der Waals surface area contributed by atoms with Gasteiger partial charge in [-0.05, 0) is 73.5 Å². The molecule has 0 atom stereocenters. The molecule has 2 amide bonds. The third-order valence-electron chi connectivity index (χ3n) is 4.89. The van der Waals surface area contributed by atoms with Gasteiger partial charge in [0.2, 0.25) is 0 Å². The normalized spacial score (nSPS) is 13.8. The minimum Gasteiger partial charge on any atom is -0.350 e. The predicted molar refractivity (Wildman–Crippen MR) is 133 cm³/mol. The van der Waals surface area contributed by atoms with E-state index in [9.17, 15) is 9.59 Å². The average Bonchev–Trinajstić information content (AvgIpc) is 2.98. The zero-order chi connectivity index (χ0) is 23.0. The quantitative estimate of drug-likeness (QED) is 0.372. The number of aryl methyl sites for hydroxylation is 2. The van der Waals surface area contributed by atoms with Crippen LogP contribution in [0, 0.1) is 13.8 Å². The minimum absolute atomic E-state index is 0.203. The lowest BCUT2D eigenvalue weighted by atomic mass is 10.1. The van der Waals surface area contributed by atoms with Gasteiger partial charge in [0.15, 0.2) is 0 Å². The van der Waals surface area contributed by atoms with E-state index in [0.717, 1.165) is 26.6 Å². The van der Waals surface area contributed by atoms with Gasteiger partial charge in [-0.25, -0.2) is 4.90 Å². The zero-order valence-electron chi connectivity index (χ0n) is 17.1. The van der Waals surface area contributed by atoms with Crippen molar-refractivity contribution >= 4 is 69.8 Å². The Morgan fingerprint density at radius 1 is 0.812 bits per heavy atom. The molecule has 0 unspecified atom stereocenters. The molecule has 1 N–H and O–H groups in total. The number of amides is 2. The predicted octanol–water partition coefficient (Wildman–Crippen LogP) is 7.25. The van der Waals surface area contributed by atoms with Crippen molar-refractivity contribution in [2.75, 3.05) is 10.2 Å². The third kappa shape index (κ3) is 4.52. The van der Waals surface area contributed by atoms with Crippen LogP contribution in [0.3, 0.4) is 0 Å². The van der Waals surface area contributed by atoms with Gasteiger partial charge in [-0.3, -0.25) is 9.59 Å². The first-order valence-corrected chi connectivity index (χ1v) is 11.6. The Bertz CT molecular complexity index is 1270. The van der Waals surface area contributed by atoms with Gasteiger partial charge in [0.25, 0.3) is 11.8 Å². The van der Waals surface area contributed by atoms with Crippen LogP contribution in [0.15, 0.2) is 76.2 Å². The highest BCUT2D eigenvalue weighted by Gasteiger charge is 2.40. The second-order valence-corrected chi connectivity index (χ2v) is 9.58. The van der Waals surface area contributed by atoms with E-state index in [0.29, 0.717) is 15.7 Å². The molecule has 0 saturated carbocycles. The Morgan fingerprint density at radius 2 is 1.53 bits per heavy atom. The van der Waals surface area contributed by atoms with Crippen LogP contribution in [0.2, 0.25) is 15.1 Å². The molecule has 1 aliphatic heterocycles. The number of carbonyl (C=O) groups excluding carboxylic acids is 2. The van der Waals surface area contributed by atoms with Crippen LogP contribution in [0.25, 0.3) is 0 Å². The molecule has 0 saturated heterocycles. The van der Waals surface area contributed by atoms with Crippen LogP contribution in [0.4, 0.5) is 11.4 Å². The van der Waals surface area contributed by atoms with Crippen LogP contribution < -0.4 is 10.2 Å². The molecule has 0 aromatic heterocycles. The number of halogens is 3. The van der Waals surface area contributed by atoms with E-state index in [1.54, 1.807) is 36.4 Å². The number of imide groups is 1. The summed E-state index contributed by atoms with van der Waals surface area (Å²) < 4.78 is 0. The summed E-state index contributed by atoms with van der Waals surface area (Å²) in [7, 11) is 0. The number of anilines is 2. The first-order chi connectivity index (χ1) is 15.2. The standard InChI is InChI=1S/C24H17Cl3N2O2S/c1-13-3-4-14(2)20(11-13)28-21-22(32-17-8-5-15(25)6-9-17)24(31)29(23(21)30)16-7-10-18(26)19(27)12-16/h3-12,28H,1-2H3. The van der Waals surface area contributed by atoms with Gasteiger partial charge >= 0.3 is 0 Å². The Hall–Kier alpha value is -2.44. The van der Waals surface area contributed by atoms with Crippen molar-refractivity contribution in [1.82, 2.24) is 0 Å². The third-order valence-corrected chi connectivity index (χ3v) is 6.97. The van der Waals surface area contributed by atoms with Crippen molar-refractivity contribution in [2.24, 2.45) is 0 Å². The number of rotatable bonds is 5. The van der Waals surface area contributed by atoms with Gasteiger partial charge in [0, 0.05) is 15.6 Å². The highest BCUT2D eigenvalue weighted by Crippen LogP contribution is 2.39. The van der Waals surface area contributed by atoms with Crippen molar-refractivity contribution in [1.29, 1.82) is 0 Å². The summed E-state index contributed by atoms with van der Waals surface area (Å²) in [6, 6.07) is 17.6. The SMILES string of the molecule is Cc1ccc(C)c(NC2=C(Sc3ccc(Cl)cc3)C(=O)N(c3ccc(Cl)c(Cl)c3)C2=O)c1. The summed E-state index contributed by atoms with van der Waals surface area (Å²) in [6.07, 6.45) is 0. The zero-order valence-corrected chi connectivity index (χ0v) is 20.2. The second-order valence-electron chi connectivity index (χ2n) is 7.25. The summed E-state index contributed by atoms with van der Waals surface area (Å²) in [5.41, 5.74) is 3.29. The summed E-state index contributed by atoms with van der Waals surface area (Å²) in [5.74, 6) is -0.910. The summed E-state index contributed by atoms with van der Waals surface area (Å²) in [6.45, 7) is 3.90. The molecule has 0 bridgehead atoms. The number of hydrogen-bond acceptors (Lipinski definition) is 4. The monoisotopic (exact) mass is 502 g/mol. The second kappa shape index (κ2) is 9.20. The van der Waals surface area contributed by atoms with Gasteiger partial charge in [0.05, 0.1) is 15.7 Å². The number of nitrogens with one attached hydrogen (secondary N) is 1. The molecule has 3 aromatic rings. The molecular weight excluding hydrogens is 487 g/mol. The van der Waals surface area contributed by atoms with Crippen molar-refractivity contribution in [3.05, 3.63) is 97.5 Å². The van der Waals surface area contributed by atoms with Crippen LogP contribution in [0.1, 0.15) is 11.1 Å². The molecular formula is C24H17Cl3N2O2S. The minimum atomic E-state index is -0.467. The fourth-order valence-electron chi connectivity index (χ4n) is 3.20. The van der Waals surface area contributed by atoms with E-state index in [2.05, 4.69) is 5.32 Å². The van der Waals surface area contributed by atoms with Crippen LogP contribution in [0.5, 0.6) is 0 Å². The molecule has 3 aromatic carbocycles.